The standard InChI is InChI=1S/C10H9BrO3/c1-2-3-6-8(11)5-4-7(9(6)12)10(13)14/h2,4-5,12H,1,3H2,(H,13,14). The summed E-state index contributed by atoms with van der Waals surface area (Å²) < 4.78 is 0.680. The smallest absolute Gasteiger partial charge is 0.339 e. The predicted molar refractivity (Wildman–Crippen MR) is 56.7 cm³/mol. The third-order valence-electron chi connectivity index (χ3n) is 1.80. The highest BCUT2D eigenvalue weighted by molar-refractivity contribution is 9.10. The number of allylic oxidation sites excluding steroid dienone is 1. The first kappa shape index (κ1) is 10.8. The van der Waals surface area contributed by atoms with E-state index in [1.807, 2.05) is 0 Å². The van der Waals surface area contributed by atoms with Crippen molar-refractivity contribution in [1.29, 1.82) is 0 Å². The molecule has 2 N–H and O–H groups in total. The maximum absolute atomic E-state index is 10.7. The Balaban J connectivity index is 3.32. The van der Waals surface area contributed by atoms with Crippen LogP contribution in [0.1, 0.15) is 15.9 Å². The average molecular weight is 257 g/mol. The van der Waals surface area contributed by atoms with Gasteiger partial charge in [0.15, 0.2) is 0 Å². The molecule has 0 heterocycles. The number of aromatic carboxylic acids is 1. The minimum atomic E-state index is -1.14. The number of phenols is 1. The lowest BCUT2D eigenvalue weighted by Gasteiger charge is -2.07. The molecule has 0 fully saturated rings. The van der Waals surface area contributed by atoms with Gasteiger partial charge in [-0.15, -0.1) is 6.58 Å². The van der Waals surface area contributed by atoms with Gasteiger partial charge < -0.3 is 10.2 Å². The summed E-state index contributed by atoms with van der Waals surface area (Å²) in [4.78, 5) is 10.7. The van der Waals surface area contributed by atoms with E-state index in [0.29, 0.717) is 16.5 Å². The van der Waals surface area contributed by atoms with Gasteiger partial charge in [0.2, 0.25) is 0 Å². The second-order valence-electron chi connectivity index (χ2n) is 2.72. The first-order valence-electron chi connectivity index (χ1n) is 3.92. The lowest BCUT2D eigenvalue weighted by atomic mass is 10.1. The molecule has 4 heteroatoms. The summed E-state index contributed by atoms with van der Waals surface area (Å²) in [6, 6.07) is 2.95. The van der Waals surface area contributed by atoms with E-state index in [-0.39, 0.29) is 11.3 Å². The molecule has 1 aromatic carbocycles. The molecule has 0 bridgehead atoms. The zero-order valence-electron chi connectivity index (χ0n) is 7.33. The Morgan fingerprint density at radius 3 is 2.71 bits per heavy atom. The molecular weight excluding hydrogens is 248 g/mol. The Labute approximate surface area is 89.8 Å². The molecule has 0 aliphatic carbocycles. The number of aromatic hydroxyl groups is 1. The number of hydrogen-bond donors (Lipinski definition) is 2. The summed E-state index contributed by atoms with van der Waals surface area (Å²) in [7, 11) is 0. The van der Waals surface area contributed by atoms with E-state index in [2.05, 4.69) is 22.5 Å². The van der Waals surface area contributed by atoms with Gasteiger partial charge in [0, 0.05) is 10.0 Å². The van der Waals surface area contributed by atoms with Crippen LogP contribution in [0, 0.1) is 0 Å². The minimum Gasteiger partial charge on any atom is -0.507 e. The highest BCUT2D eigenvalue weighted by atomic mass is 79.9. The van der Waals surface area contributed by atoms with Crippen LogP contribution in [0.5, 0.6) is 5.75 Å². The molecular formula is C10H9BrO3. The van der Waals surface area contributed by atoms with Gasteiger partial charge in [-0.05, 0) is 18.6 Å². The molecule has 0 saturated heterocycles. The van der Waals surface area contributed by atoms with Gasteiger partial charge in [0.1, 0.15) is 11.3 Å². The molecule has 0 aromatic heterocycles. The highest BCUT2D eigenvalue weighted by Crippen LogP contribution is 2.30. The number of hydrogen-bond acceptors (Lipinski definition) is 2. The van der Waals surface area contributed by atoms with E-state index in [4.69, 9.17) is 5.11 Å². The SMILES string of the molecule is C=CCc1c(Br)ccc(C(=O)O)c1O. The molecule has 0 aliphatic rings. The number of carbonyl (C=O) groups is 1. The fourth-order valence-corrected chi connectivity index (χ4v) is 1.60. The Morgan fingerprint density at radius 2 is 2.21 bits per heavy atom. The summed E-state index contributed by atoms with van der Waals surface area (Å²) in [5.41, 5.74) is 0.449. The van der Waals surface area contributed by atoms with Crippen LogP contribution >= 0.6 is 15.9 Å². The second kappa shape index (κ2) is 4.28. The minimum absolute atomic E-state index is 0.0925. The summed E-state index contributed by atoms with van der Waals surface area (Å²) in [5, 5.41) is 18.4. The molecule has 1 rings (SSSR count). The fourth-order valence-electron chi connectivity index (χ4n) is 1.12. The van der Waals surface area contributed by atoms with E-state index in [0.717, 1.165) is 0 Å². The van der Waals surface area contributed by atoms with Gasteiger partial charge in [0.05, 0.1) is 0 Å². The van der Waals surface area contributed by atoms with Crippen LogP contribution in [-0.4, -0.2) is 16.2 Å². The summed E-state index contributed by atoms with van der Waals surface area (Å²) in [5.74, 6) is -1.34. The maximum Gasteiger partial charge on any atom is 0.339 e. The first-order valence-corrected chi connectivity index (χ1v) is 4.71. The summed E-state index contributed by atoms with van der Waals surface area (Å²) in [6.45, 7) is 3.53. The normalized spacial score (nSPS) is 9.79. The van der Waals surface area contributed by atoms with Crippen molar-refractivity contribution in [1.82, 2.24) is 0 Å². The summed E-state index contributed by atoms with van der Waals surface area (Å²) in [6.07, 6.45) is 2.03. The van der Waals surface area contributed by atoms with E-state index < -0.39 is 5.97 Å². The van der Waals surface area contributed by atoms with Crippen LogP contribution in [0.4, 0.5) is 0 Å². The molecule has 0 amide bonds. The van der Waals surface area contributed by atoms with Gasteiger partial charge in [-0.3, -0.25) is 0 Å². The average Bonchev–Trinajstić information content (AvgIpc) is 2.11. The van der Waals surface area contributed by atoms with Crippen molar-refractivity contribution in [2.45, 2.75) is 6.42 Å². The summed E-state index contributed by atoms with van der Waals surface area (Å²) >= 11 is 3.23. The molecule has 0 atom stereocenters. The van der Waals surface area contributed by atoms with Crippen molar-refractivity contribution in [3.05, 3.63) is 40.4 Å². The number of rotatable bonds is 3. The monoisotopic (exact) mass is 256 g/mol. The first-order chi connectivity index (χ1) is 6.57. The van der Waals surface area contributed by atoms with Gasteiger partial charge in [-0.1, -0.05) is 22.0 Å². The predicted octanol–water partition coefficient (Wildman–Crippen LogP) is 2.58. The Morgan fingerprint density at radius 1 is 1.57 bits per heavy atom. The van der Waals surface area contributed by atoms with E-state index in [1.54, 1.807) is 12.1 Å². The topological polar surface area (TPSA) is 57.5 Å². The highest BCUT2D eigenvalue weighted by Gasteiger charge is 2.14. The molecule has 0 saturated carbocycles. The molecule has 74 valence electrons. The largest absolute Gasteiger partial charge is 0.507 e. The van der Waals surface area contributed by atoms with Crippen molar-refractivity contribution in [2.75, 3.05) is 0 Å². The van der Waals surface area contributed by atoms with Crippen LogP contribution in [-0.2, 0) is 6.42 Å². The fraction of sp³-hybridized carbons (Fsp3) is 0.100. The van der Waals surface area contributed by atoms with Crippen LogP contribution in [0.25, 0.3) is 0 Å². The van der Waals surface area contributed by atoms with Crippen molar-refractivity contribution < 1.29 is 15.0 Å². The van der Waals surface area contributed by atoms with Crippen LogP contribution in [0.2, 0.25) is 0 Å². The Bertz CT molecular complexity index is 385. The number of carboxylic acid groups (broad SMARTS) is 1. The molecule has 14 heavy (non-hydrogen) atoms. The Hall–Kier alpha value is -1.29. The van der Waals surface area contributed by atoms with Crippen molar-refractivity contribution in [3.63, 3.8) is 0 Å². The van der Waals surface area contributed by atoms with Gasteiger partial charge in [-0.2, -0.15) is 0 Å². The van der Waals surface area contributed by atoms with Crippen LogP contribution in [0.15, 0.2) is 29.3 Å². The van der Waals surface area contributed by atoms with Crippen molar-refractivity contribution >= 4 is 21.9 Å². The van der Waals surface area contributed by atoms with Crippen molar-refractivity contribution in [2.24, 2.45) is 0 Å². The number of halogens is 1. The molecule has 1 aromatic rings. The molecule has 0 spiro atoms. The third-order valence-corrected chi connectivity index (χ3v) is 2.55. The molecule has 0 aliphatic heterocycles. The van der Waals surface area contributed by atoms with E-state index >= 15 is 0 Å². The lowest BCUT2D eigenvalue weighted by molar-refractivity contribution is 0.0693. The second-order valence-corrected chi connectivity index (χ2v) is 3.57. The zero-order chi connectivity index (χ0) is 10.7. The van der Waals surface area contributed by atoms with E-state index in [9.17, 15) is 9.90 Å². The van der Waals surface area contributed by atoms with Gasteiger partial charge >= 0.3 is 5.97 Å². The van der Waals surface area contributed by atoms with Gasteiger partial charge in [-0.25, -0.2) is 4.79 Å². The third kappa shape index (κ3) is 1.96. The van der Waals surface area contributed by atoms with Crippen LogP contribution < -0.4 is 0 Å². The van der Waals surface area contributed by atoms with Crippen molar-refractivity contribution in [3.8, 4) is 5.75 Å². The lowest BCUT2D eigenvalue weighted by Crippen LogP contribution is -1.99. The van der Waals surface area contributed by atoms with E-state index in [1.165, 1.54) is 6.07 Å². The number of benzene rings is 1. The quantitative estimate of drug-likeness (QED) is 0.818. The zero-order valence-corrected chi connectivity index (χ0v) is 8.91. The molecule has 0 radical (unpaired) electrons. The number of carboxylic acids is 1. The van der Waals surface area contributed by atoms with Gasteiger partial charge in [0.25, 0.3) is 0 Å². The maximum atomic E-state index is 10.7. The molecule has 0 unspecified atom stereocenters. The Kier molecular flexibility index (Phi) is 3.30. The van der Waals surface area contributed by atoms with Crippen LogP contribution in [0.3, 0.4) is 0 Å². The molecule has 3 nitrogen and oxygen atoms in total.